The molecule has 128 valence electrons. The summed E-state index contributed by atoms with van der Waals surface area (Å²) in [6, 6.07) is 15.6. The smallest absolute Gasteiger partial charge is 0.181 e. The summed E-state index contributed by atoms with van der Waals surface area (Å²) in [5.41, 5.74) is 1.77. The van der Waals surface area contributed by atoms with E-state index in [2.05, 4.69) is 9.97 Å². The van der Waals surface area contributed by atoms with Gasteiger partial charge < -0.3 is 0 Å². The summed E-state index contributed by atoms with van der Waals surface area (Å²) in [6.45, 7) is 0. The number of rotatable bonds is 6. The first-order valence-electron chi connectivity index (χ1n) is 7.68. The van der Waals surface area contributed by atoms with Gasteiger partial charge in [-0.25, -0.2) is 9.97 Å². The van der Waals surface area contributed by atoms with Crippen LogP contribution in [0, 0.1) is 0 Å². The Morgan fingerprint density at radius 2 is 1.16 bits per heavy atom. The van der Waals surface area contributed by atoms with Gasteiger partial charge in [0.05, 0.1) is 42.0 Å². The minimum absolute atomic E-state index is 0.469. The molecule has 2 aromatic carbocycles. The lowest BCUT2D eigenvalue weighted by atomic mass is 10.3. The van der Waals surface area contributed by atoms with Crippen LogP contribution in [-0.4, -0.2) is 29.9 Å². The van der Waals surface area contributed by atoms with Crippen molar-refractivity contribution in [3.63, 3.8) is 0 Å². The van der Waals surface area contributed by atoms with Crippen LogP contribution in [0.15, 0.2) is 57.2 Å². The molecule has 2 aromatic heterocycles. The maximum Gasteiger partial charge on any atom is 0.181 e. The Bertz CT molecular complexity index is 934. The van der Waals surface area contributed by atoms with Gasteiger partial charge in [0.2, 0.25) is 0 Å². The van der Waals surface area contributed by atoms with Crippen molar-refractivity contribution < 1.29 is 8.42 Å². The van der Waals surface area contributed by atoms with Gasteiger partial charge in [-0.3, -0.25) is 8.42 Å². The van der Waals surface area contributed by atoms with Gasteiger partial charge in [0, 0.05) is 11.5 Å². The lowest BCUT2D eigenvalue weighted by Crippen LogP contribution is -2.04. The largest absolute Gasteiger partial charge is 0.252 e. The maximum atomic E-state index is 12.4. The number of hydrogen-bond donors (Lipinski definition) is 0. The molecule has 0 N–H and O–H groups in total. The highest BCUT2D eigenvalue weighted by Gasteiger charge is 2.14. The highest BCUT2D eigenvalue weighted by atomic mass is 32.2. The zero-order valence-corrected chi connectivity index (χ0v) is 16.4. The van der Waals surface area contributed by atoms with Crippen molar-refractivity contribution in [3.05, 3.63) is 48.5 Å². The van der Waals surface area contributed by atoms with Crippen LogP contribution in [0.4, 0.5) is 0 Å². The minimum Gasteiger partial charge on any atom is -0.252 e. The highest BCUT2D eigenvalue weighted by molar-refractivity contribution is 7.88. The highest BCUT2D eigenvalue weighted by Crippen LogP contribution is 2.26. The van der Waals surface area contributed by atoms with Gasteiger partial charge in [0.15, 0.2) is 8.68 Å². The Hall–Kier alpha value is -1.48. The predicted octanol–water partition coefficient (Wildman–Crippen LogP) is 4.21. The zero-order valence-electron chi connectivity index (χ0n) is 13.1. The summed E-state index contributed by atoms with van der Waals surface area (Å²) in [6.07, 6.45) is 0.616. The van der Waals surface area contributed by atoms with E-state index in [1.54, 1.807) is 0 Å². The van der Waals surface area contributed by atoms with Gasteiger partial charge in [-0.2, -0.15) is 0 Å². The molecule has 0 saturated heterocycles. The maximum absolute atomic E-state index is 12.4. The quantitative estimate of drug-likeness (QED) is 0.481. The molecule has 4 nitrogen and oxygen atoms in total. The molecule has 25 heavy (non-hydrogen) atoms. The fraction of sp³-hybridized carbons (Fsp3) is 0.176. The molecule has 0 fully saturated rings. The Labute approximate surface area is 157 Å². The van der Waals surface area contributed by atoms with Crippen LogP contribution >= 0.6 is 22.7 Å². The van der Waals surface area contributed by atoms with Crippen LogP contribution in [0.1, 0.15) is 6.42 Å². The summed E-state index contributed by atoms with van der Waals surface area (Å²) in [5, 5.41) is 0. The number of para-hydroxylation sites is 2. The number of thiazole rings is 2. The molecule has 0 aliphatic carbocycles. The molecule has 4 aromatic rings. The summed E-state index contributed by atoms with van der Waals surface area (Å²) in [4.78, 5) is 8.86. The van der Waals surface area contributed by atoms with Crippen LogP contribution in [0.25, 0.3) is 20.4 Å². The molecule has 0 aliphatic rings. The van der Waals surface area contributed by atoms with Gasteiger partial charge in [0.25, 0.3) is 0 Å². The third kappa shape index (κ3) is 3.72. The van der Waals surface area contributed by atoms with Crippen LogP contribution < -0.4 is 0 Å². The molecule has 0 spiro atoms. The Kier molecular flexibility index (Phi) is 5.03. The fourth-order valence-electron chi connectivity index (χ4n) is 2.39. The zero-order chi connectivity index (χ0) is 17.2. The molecular formula is C17H14N2O2S4. The van der Waals surface area contributed by atoms with E-state index in [1.807, 2.05) is 48.5 Å². The molecule has 4 rings (SSSR count). The van der Waals surface area contributed by atoms with E-state index >= 15 is 0 Å². The Balaban J connectivity index is 1.38. The molecule has 0 radical (unpaired) electrons. The third-order valence-electron chi connectivity index (χ3n) is 3.60. The van der Waals surface area contributed by atoms with E-state index in [-0.39, 0.29) is 0 Å². The Morgan fingerprint density at radius 3 is 1.60 bits per heavy atom. The SMILES string of the molecule is O=S(CCCS(=O)c1nc2ccccc2s1)c1nc2ccccc2s1. The molecule has 0 saturated carbocycles. The van der Waals surface area contributed by atoms with Crippen molar-refractivity contribution in [1.29, 1.82) is 0 Å². The van der Waals surface area contributed by atoms with Gasteiger partial charge in [-0.05, 0) is 30.7 Å². The summed E-state index contributed by atoms with van der Waals surface area (Å²) < 4.78 is 28.2. The lowest BCUT2D eigenvalue weighted by molar-refractivity contribution is 0.677. The second kappa shape index (κ2) is 7.41. The van der Waals surface area contributed by atoms with Crippen molar-refractivity contribution in [2.45, 2.75) is 15.1 Å². The monoisotopic (exact) mass is 406 g/mol. The second-order valence-corrected chi connectivity index (χ2v) is 10.9. The van der Waals surface area contributed by atoms with E-state index < -0.39 is 21.6 Å². The van der Waals surface area contributed by atoms with E-state index in [0.717, 1.165) is 20.4 Å². The van der Waals surface area contributed by atoms with E-state index in [4.69, 9.17) is 0 Å². The van der Waals surface area contributed by atoms with Crippen molar-refractivity contribution >= 4 is 64.7 Å². The Morgan fingerprint density at radius 1 is 0.720 bits per heavy atom. The molecule has 0 amide bonds. The molecular weight excluding hydrogens is 392 g/mol. The molecule has 2 atom stereocenters. The van der Waals surface area contributed by atoms with Gasteiger partial charge in [-0.15, -0.1) is 22.7 Å². The third-order valence-corrected chi connectivity index (χ3v) is 9.16. The van der Waals surface area contributed by atoms with Crippen molar-refractivity contribution in [1.82, 2.24) is 9.97 Å². The van der Waals surface area contributed by atoms with Crippen LogP contribution in [0.3, 0.4) is 0 Å². The first kappa shape index (κ1) is 17.0. The van der Waals surface area contributed by atoms with Gasteiger partial charge >= 0.3 is 0 Å². The van der Waals surface area contributed by atoms with Crippen LogP contribution in [-0.2, 0) is 21.6 Å². The van der Waals surface area contributed by atoms with Crippen molar-refractivity contribution in [3.8, 4) is 0 Å². The first-order chi connectivity index (χ1) is 12.2. The van der Waals surface area contributed by atoms with E-state index in [0.29, 0.717) is 26.6 Å². The number of hydrogen-bond acceptors (Lipinski definition) is 6. The first-order valence-corrected chi connectivity index (χ1v) is 12.0. The average molecular weight is 407 g/mol. The lowest BCUT2D eigenvalue weighted by Gasteiger charge is -1.98. The van der Waals surface area contributed by atoms with E-state index in [9.17, 15) is 8.42 Å². The fourth-order valence-corrected chi connectivity index (χ4v) is 7.31. The van der Waals surface area contributed by atoms with Gasteiger partial charge in [0.1, 0.15) is 0 Å². The van der Waals surface area contributed by atoms with Crippen molar-refractivity contribution in [2.24, 2.45) is 0 Å². The normalized spacial score (nSPS) is 14.1. The second-order valence-electron chi connectivity index (χ2n) is 5.35. The summed E-state index contributed by atoms with van der Waals surface area (Å²) in [5.74, 6) is 0.937. The van der Waals surface area contributed by atoms with Crippen LogP contribution in [0.2, 0.25) is 0 Å². The summed E-state index contributed by atoms with van der Waals surface area (Å²) in [7, 11) is -2.30. The van der Waals surface area contributed by atoms with Crippen molar-refractivity contribution in [2.75, 3.05) is 11.5 Å². The topological polar surface area (TPSA) is 59.9 Å². The number of benzene rings is 2. The minimum atomic E-state index is -1.15. The molecule has 2 heterocycles. The standard InChI is InChI=1S/C17H14N2O2S4/c20-24(16-18-12-6-1-3-8-14(12)22-16)10-5-11-25(21)17-19-13-7-2-4-9-15(13)23-17/h1-4,6-9H,5,10-11H2. The van der Waals surface area contributed by atoms with Crippen LogP contribution in [0.5, 0.6) is 0 Å². The number of aromatic nitrogens is 2. The number of nitrogens with zero attached hydrogens (tertiary/aromatic N) is 2. The summed E-state index contributed by atoms with van der Waals surface area (Å²) >= 11 is 2.93. The molecule has 0 aliphatic heterocycles. The molecule has 8 heteroatoms. The van der Waals surface area contributed by atoms with Gasteiger partial charge in [-0.1, -0.05) is 24.3 Å². The van der Waals surface area contributed by atoms with E-state index in [1.165, 1.54) is 22.7 Å². The predicted molar refractivity (Wildman–Crippen MR) is 106 cm³/mol. The molecule has 2 unspecified atom stereocenters. The number of fused-ring (bicyclic) bond motifs is 2. The average Bonchev–Trinajstić information content (AvgIpc) is 3.25. The molecule has 0 bridgehead atoms.